The number of aliphatic hydroxyl groups is 1. The van der Waals surface area contributed by atoms with Gasteiger partial charge in [0, 0.05) is 25.2 Å². The topological polar surface area (TPSA) is 170 Å². The molecule has 3 rings (SSSR count). The number of nitrogens with one attached hydrogen (secondary N) is 1. The van der Waals surface area contributed by atoms with E-state index in [1.54, 1.807) is 0 Å². The lowest BCUT2D eigenvalue weighted by Gasteiger charge is -2.08. The van der Waals surface area contributed by atoms with Crippen LogP contribution in [0.2, 0.25) is 0 Å². The monoisotopic (exact) mass is 346 g/mol. The maximum atomic E-state index is 11.7. The first-order valence-electron chi connectivity index (χ1n) is 6.91. The van der Waals surface area contributed by atoms with Crippen LogP contribution in [-0.4, -0.2) is 41.1 Å². The van der Waals surface area contributed by atoms with E-state index in [1.807, 2.05) is 0 Å². The minimum atomic E-state index is -0.763. The summed E-state index contributed by atoms with van der Waals surface area (Å²) in [6.45, 7) is -0.480. The van der Waals surface area contributed by atoms with Crippen LogP contribution in [0.4, 0.5) is 11.4 Å². The van der Waals surface area contributed by atoms with Crippen LogP contribution in [0.25, 0.3) is 16.9 Å². The molecule has 0 atom stereocenters. The number of nitro groups is 2. The van der Waals surface area contributed by atoms with Gasteiger partial charge in [0.05, 0.1) is 21.9 Å². The van der Waals surface area contributed by atoms with Gasteiger partial charge in [-0.05, 0) is 0 Å². The second-order valence-electron chi connectivity index (χ2n) is 4.97. The van der Waals surface area contributed by atoms with Gasteiger partial charge in [0.1, 0.15) is 11.9 Å². The number of rotatable bonds is 5. The van der Waals surface area contributed by atoms with Crippen molar-refractivity contribution in [2.24, 2.45) is 0 Å². The van der Waals surface area contributed by atoms with Crippen molar-refractivity contribution < 1.29 is 15.0 Å². The number of nitrogens with zero attached hydrogens (tertiary/aromatic N) is 5. The van der Waals surface area contributed by atoms with Gasteiger partial charge in [0.2, 0.25) is 0 Å². The molecule has 0 unspecified atom stereocenters. The molecule has 2 N–H and O–H groups in total. The van der Waals surface area contributed by atoms with Gasteiger partial charge in [-0.25, -0.2) is 9.97 Å². The van der Waals surface area contributed by atoms with Gasteiger partial charge in [0.25, 0.3) is 16.9 Å². The van der Waals surface area contributed by atoms with Crippen LogP contribution in [0.15, 0.2) is 29.6 Å². The van der Waals surface area contributed by atoms with E-state index in [0.717, 1.165) is 18.5 Å². The number of hydrogen-bond donors (Lipinski definition) is 2. The molecule has 0 amide bonds. The number of H-pyrrole nitrogens is 1. The molecule has 2 aromatic heterocycles. The number of hydrogen-bond acceptors (Lipinski definition) is 8. The van der Waals surface area contributed by atoms with Crippen molar-refractivity contribution in [3.63, 3.8) is 0 Å². The Labute approximate surface area is 137 Å². The Kier molecular flexibility index (Phi) is 3.94. The van der Waals surface area contributed by atoms with E-state index in [4.69, 9.17) is 5.11 Å². The highest BCUT2D eigenvalue weighted by Crippen LogP contribution is 2.32. The highest BCUT2D eigenvalue weighted by Gasteiger charge is 2.27. The molecular weight excluding hydrogens is 336 g/mol. The van der Waals surface area contributed by atoms with Crippen LogP contribution in [0.5, 0.6) is 0 Å². The molecule has 25 heavy (non-hydrogen) atoms. The predicted octanol–water partition coefficient (Wildman–Crippen LogP) is 0.460. The Balaban J connectivity index is 2.32. The number of aromatic nitrogens is 4. The summed E-state index contributed by atoms with van der Waals surface area (Å²) in [5, 5.41) is 31.7. The summed E-state index contributed by atoms with van der Waals surface area (Å²) in [6.07, 6.45) is 2.09. The predicted molar refractivity (Wildman–Crippen MR) is 83.6 cm³/mol. The van der Waals surface area contributed by atoms with Crippen molar-refractivity contribution in [1.29, 1.82) is 0 Å². The molecule has 0 aliphatic carbocycles. The van der Waals surface area contributed by atoms with Crippen molar-refractivity contribution in [3.8, 4) is 5.69 Å². The summed E-state index contributed by atoms with van der Waals surface area (Å²) in [6, 6.07) is 2.23. The number of aliphatic hydroxyl groups excluding tert-OH is 1. The van der Waals surface area contributed by atoms with E-state index in [0.29, 0.717) is 0 Å². The summed E-state index contributed by atoms with van der Waals surface area (Å²) < 4.78 is 1.24. The molecule has 3 aromatic rings. The Bertz CT molecular complexity index is 1020. The molecule has 0 radical (unpaired) electrons. The van der Waals surface area contributed by atoms with Crippen LogP contribution in [0.1, 0.15) is 5.56 Å². The van der Waals surface area contributed by atoms with Gasteiger partial charge in [-0.15, -0.1) is 0 Å². The lowest BCUT2D eigenvalue weighted by molar-refractivity contribution is -0.395. The van der Waals surface area contributed by atoms with Crippen molar-refractivity contribution >= 4 is 22.5 Å². The molecule has 0 saturated carbocycles. The second-order valence-corrected chi connectivity index (χ2v) is 4.97. The number of imidazole rings is 1. The summed E-state index contributed by atoms with van der Waals surface area (Å²) in [4.78, 5) is 43.0. The standard InChI is InChI=1S/C13H10N6O6/c20-2-1-8-9(18(22)23)3-7(4-10(8)19(24)25)17-6-16-11-12(17)14-5-15-13(11)21/h3-6,20H,1-2H2,(H,14,15,21). The average Bonchev–Trinajstić information content (AvgIpc) is 3.00. The van der Waals surface area contributed by atoms with Crippen LogP contribution >= 0.6 is 0 Å². The maximum Gasteiger partial charge on any atom is 0.281 e. The molecular formula is C13H10N6O6. The van der Waals surface area contributed by atoms with Gasteiger partial charge < -0.3 is 10.1 Å². The minimum Gasteiger partial charge on any atom is -0.396 e. The molecule has 12 heteroatoms. The third-order valence-corrected chi connectivity index (χ3v) is 3.56. The van der Waals surface area contributed by atoms with Crippen LogP contribution < -0.4 is 5.56 Å². The van der Waals surface area contributed by atoms with Crippen LogP contribution in [-0.2, 0) is 6.42 Å². The molecule has 12 nitrogen and oxygen atoms in total. The summed E-state index contributed by atoms with van der Waals surface area (Å²) in [5.74, 6) is 0. The Morgan fingerprint density at radius 3 is 2.36 bits per heavy atom. The first-order valence-corrected chi connectivity index (χ1v) is 6.91. The molecule has 128 valence electrons. The third-order valence-electron chi connectivity index (χ3n) is 3.56. The highest BCUT2D eigenvalue weighted by molar-refractivity contribution is 5.73. The van der Waals surface area contributed by atoms with Gasteiger partial charge in [0.15, 0.2) is 11.2 Å². The van der Waals surface area contributed by atoms with Gasteiger partial charge >= 0.3 is 0 Å². The van der Waals surface area contributed by atoms with Crippen molar-refractivity contribution in [1.82, 2.24) is 19.5 Å². The Hall–Kier alpha value is -3.67. The first kappa shape index (κ1) is 16.2. The normalized spacial score (nSPS) is 10.9. The van der Waals surface area contributed by atoms with Crippen LogP contribution in [0, 0.1) is 20.2 Å². The molecule has 1 aromatic carbocycles. The Morgan fingerprint density at radius 1 is 1.16 bits per heavy atom. The lowest BCUT2D eigenvalue weighted by atomic mass is 10.1. The zero-order chi connectivity index (χ0) is 18.1. The SMILES string of the molecule is O=c1[nH]cnc2c1ncn2-c1cc([N+](=O)[O-])c(CCO)c([N+](=O)[O-])c1. The molecule has 0 fully saturated rings. The smallest absolute Gasteiger partial charge is 0.281 e. The lowest BCUT2D eigenvalue weighted by Crippen LogP contribution is -2.08. The summed E-state index contributed by atoms with van der Waals surface area (Å²) in [7, 11) is 0. The maximum absolute atomic E-state index is 11.7. The number of nitro benzene ring substituents is 2. The minimum absolute atomic E-state index is 0.00718. The van der Waals surface area contributed by atoms with E-state index in [-0.39, 0.29) is 28.8 Å². The number of fused-ring (bicyclic) bond motifs is 1. The summed E-state index contributed by atoms with van der Waals surface area (Å²) >= 11 is 0. The fourth-order valence-electron chi connectivity index (χ4n) is 2.49. The zero-order valence-corrected chi connectivity index (χ0v) is 12.4. The fraction of sp³-hybridized carbons (Fsp3) is 0.154. The fourth-order valence-corrected chi connectivity index (χ4v) is 2.49. The number of aromatic amines is 1. The van der Waals surface area contributed by atoms with E-state index in [2.05, 4.69) is 15.0 Å². The largest absolute Gasteiger partial charge is 0.396 e. The molecule has 0 aliphatic heterocycles. The van der Waals surface area contributed by atoms with E-state index in [1.165, 1.54) is 10.9 Å². The molecule has 2 heterocycles. The van der Waals surface area contributed by atoms with E-state index in [9.17, 15) is 25.0 Å². The van der Waals surface area contributed by atoms with Gasteiger partial charge in [-0.2, -0.15) is 0 Å². The van der Waals surface area contributed by atoms with Crippen molar-refractivity contribution in [3.05, 3.63) is 60.9 Å². The van der Waals surface area contributed by atoms with Gasteiger partial charge in [-0.1, -0.05) is 0 Å². The third kappa shape index (κ3) is 2.70. The number of benzene rings is 1. The van der Waals surface area contributed by atoms with Crippen LogP contribution in [0.3, 0.4) is 0 Å². The molecule has 0 saturated heterocycles. The van der Waals surface area contributed by atoms with Gasteiger partial charge in [-0.3, -0.25) is 29.6 Å². The molecule has 0 bridgehead atoms. The average molecular weight is 346 g/mol. The van der Waals surface area contributed by atoms with E-state index >= 15 is 0 Å². The summed E-state index contributed by atoms with van der Waals surface area (Å²) in [5.41, 5.74) is -1.56. The van der Waals surface area contributed by atoms with Crippen molar-refractivity contribution in [2.75, 3.05) is 6.61 Å². The van der Waals surface area contributed by atoms with E-state index < -0.39 is 33.4 Å². The molecule has 0 aliphatic rings. The zero-order valence-electron chi connectivity index (χ0n) is 12.4. The Morgan fingerprint density at radius 2 is 1.80 bits per heavy atom. The van der Waals surface area contributed by atoms with Crippen molar-refractivity contribution in [2.45, 2.75) is 6.42 Å². The quantitative estimate of drug-likeness (QED) is 0.495. The highest BCUT2D eigenvalue weighted by atomic mass is 16.6. The molecule has 0 spiro atoms. The second kappa shape index (κ2) is 6.09. The first-order chi connectivity index (χ1) is 11.9.